The summed E-state index contributed by atoms with van der Waals surface area (Å²) in [6.45, 7) is 27.1. The van der Waals surface area contributed by atoms with Crippen LogP contribution in [-0.2, 0) is 42.7 Å². The monoisotopic (exact) mass is 1190 g/mol. The summed E-state index contributed by atoms with van der Waals surface area (Å²) in [5.41, 5.74) is 18.4. The topological polar surface area (TPSA) is 55.9 Å². The van der Waals surface area contributed by atoms with Crippen molar-refractivity contribution in [3.05, 3.63) is 210 Å². The molecule has 8 aromatic carbocycles. The van der Waals surface area contributed by atoms with Crippen LogP contribution in [0.25, 0.3) is 100 Å². The first-order valence-corrected chi connectivity index (χ1v) is 26.5. The second-order valence-electron chi connectivity index (χ2n) is 24.7. The molecule has 0 atom stereocenters. The van der Waals surface area contributed by atoms with Crippen molar-refractivity contribution in [2.75, 3.05) is 0 Å². The number of benzene rings is 8. The number of hydrogen-bond donors (Lipinski definition) is 1. The Morgan fingerprint density at radius 2 is 1.08 bits per heavy atom. The summed E-state index contributed by atoms with van der Waals surface area (Å²) in [7, 11) is 0. The molecule has 0 amide bonds. The summed E-state index contributed by atoms with van der Waals surface area (Å²) in [5.74, 6) is -0.222. The van der Waals surface area contributed by atoms with Crippen LogP contribution in [0, 0.1) is 11.9 Å². The number of hydrogen-bond acceptors (Lipinski definition) is 3. The van der Waals surface area contributed by atoms with Gasteiger partial charge in [0.25, 0.3) is 0 Å². The Morgan fingerprint density at radius 3 is 1.77 bits per heavy atom. The minimum absolute atomic E-state index is 0. The summed E-state index contributed by atoms with van der Waals surface area (Å²) < 4.78 is 19.3. The normalized spacial score (nSPS) is 12.4. The predicted octanol–water partition coefficient (Wildman–Crippen LogP) is 18.7. The zero-order valence-electron chi connectivity index (χ0n) is 46.2. The third kappa shape index (κ3) is 9.87. The molecular formula is C70H66FN4OPt-. The number of nitrogens with zero attached hydrogens (tertiary/aromatic N) is 4. The third-order valence-corrected chi connectivity index (χ3v) is 15.0. The van der Waals surface area contributed by atoms with Crippen LogP contribution in [-0.4, -0.2) is 24.2 Å². The predicted molar refractivity (Wildman–Crippen MR) is 316 cm³/mol. The average molecular weight is 1190 g/mol. The Kier molecular flexibility index (Phi) is 13.5. The molecule has 0 aliphatic heterocycles. The van der Waals surface area contributed by atoms with Crippen LogP contribution in [0.15, 0.2) is 176 Å². The Labute approximate surface area is 467 Å². The Bertz CT molecular complexity index is 4030. The summed E-state index contributed by atoms with van der Waals surface area (Å²) in [6.07, 6.45) is 1.92. The zero-order chi connectivity index (χ0) is 53.6. The van der Waals surface area contributed by atoms with E-state index in [1.807, 2.05) is 12.3 Å². The number of aromatic hydroxyl groups is 1. The van der Waals surface area contributed by atoms with Gasteiger partial charge < -0.3 is 9.67 Å². The molecule has 0 radical (unpaired) electrons. The van der Waals surface area contributed by atoms with Crippen LogP contribution < -0.4 is 0 Å². The molecular weight excluding hydrogens is 1130 g/mol. The number of imidazole rings is 1. The molecule has 0 fully saturated rings. The van der Waals surface area contributed by atoms with E-state index in [9.17, 15) is 9.50 Å². The zero-order valence-corrected chi connectivity index (χ0v) is 48.4. The maximum atomic E-state index is 14.8. The minimum atomic E-state index is -0.525. The van der Waals surface area contributed by atoms with Gasteiger partial charge in [-0.05, 0) is 104 Å². The summed E-state index contributed by atoms with van der Waals surface area (Å²) in [6, 6.07) is 62.5. The van der Waals surface area contributed by atoms with Crippen molar-refractivity contribution in [2.24, 2.45) is 0 Å². The second-order valence-corrected chi connectivity index (χ2v) is 24.7. The first kappa shape index (κ1) is 53.0. The summed E-state index contributed by atoms with van der Waals surface area (Å²) in [4.78, 5) is 10.5. The number of aromatic nitrogens is 4. The van der Waals surface area contributed by atoms with Crippen molar-refractivity contribution >= 4 is 32.8 Å². The van der Waals surface area contributed by atoms with Gasteiger partial charge in [0.1, 0.15) is 17.4 Å². The standard InChI is InChI=1S/C70H66FN4O.Pt/c1-67(2,3)47-28-31-61(58(41-47)43-20-14-13-15-21-43)75-62-27-19-23-53(64(62)73-66(75)57-30-29-51(71)42-63(57)76)45-34-46(36-48(35-45)68(4,5)6)59-37-44(32-33-72-59)54-24-18-25-56-55-22-16-17-26-60(55)74(65(54)56)52-39-49(69(7,8)9)38-50(40-52)70(10,11)12;/h13-33,35-42,76H,1-12H3;/q-1;. The number of rotatable bonds is 7. The van der Waals surface area contributed by atoms with Gasteiger partial charge in [-0.1, -0.05) is 191 Å². The maximum absolute atomic E-state index is 14.8. The Balaban J connectivity index is 0.00000672. The smallest absolute Gasteiger partial charge is 0.148 e. The molecule has 3 aromatic heterocycles. The quantitative estimate of drug-likeness (QED) is 0.162. The van der Waals surface area contributed by atoms with Crippen LogP contribution >= 0.6 is 0 Å². The first-order chi connectivity index (χ1) is 36.0. The van der Waals surface area contributed by atoms with Gasteiger partial charge in [-0.25, -0.2) is 9.37 Å². The number of pyridine rings is 1. The average Bonchev–Trinajstić information content (AvgIpc) is 4.13. The number of halogens is 1. The molecule has 0 saturated carbocycles. The molecule has 3 heterocycles. The molecule has 1 N–H and O–H groups in total. The van der Waals surface area contributed by atoms with Crippen molar-refractivity contribution in [1.29, 1.82) is 0 Å². The minimum Gasteiger partial charge on any atom is -0.507 e. The van der Waals surface area contributed by atoms with Gasteiger partial charge >= 0.3 is 0 Å². The molecule has 0 aliphatic carbocycles. The van der Waals surface area contributed by atoms with Gasteiger partial charge in [-0.2, -0.15) is 0 Å². The molecule has 390 valence electrons. The van der Waals surface area contributed by atoms with E-state index in [0.29, 0.717) is 11.4 Å². The van der Waals surface area contributed by atoms with Gasteiger partial charge in [0.2, 0.25) is 0 Å². The number of fused-ring (bicyclic) bond motifs is 4. The fourth-order valence-corrected chi connectivity index (χ4v) is 10.6. The van der Waals surface area contributed by atoms with E-state index >= 15 is 0 Å². The Hall–Kier alpha value is -7.40. The molecule has 5 nitrogen and oxygen atoms in total. The molecule has 0 unspecified atom stereocenters. The molecule has 0 spiro atoms. The number of phenolic OH excluding ortho intramolecular Hbond substituents is 1. The van der Waals surface area contributed by atoms with Gasteiger partial charge in [-0.3, -0.25) is 9.55 Å². The van der Waals surface area contributed by atoms with Crippen LogP contribution in [0.1, 0.15) is 105 Å². The molecule has 0 bridgehead atoms. The second kappa shape index (κ2) is 19.6. The molecule has 11 aromatic rings. The Morgan fingerprint density at radius 1 is 0.468 bits per heavy atom. The SMILES string of the molecule is CC(C)(C)c1cc(-c2cc(-c3cccc4c5ccccc5n(-c5cc(C(C)(C)C)cc(C(C)(C)C)c5)c34)ccn2)[c-]c(-c2cccc3c2nc(-c2ccc(F)cc2O)n3-c2ccc(C(C)(C)C)cc2-c2ccccc2)c1.[Pt]. The van der Waals surface area contributed by atoms with E-state index in [-0.39, 0.29) is 48.5 Å². The van der Waals surface area contributed by atoms with E-state index in [1.54, 1.807) is 6.07 Å². The van der Waals surface area contributed by atoms with Crippen LogP contribution in [0.2, 0.25) is 0 Å². The maximum Gasteiger partial charge on any atom is 0.148 e. The van der Waals surface area contributed by atoms with E-state index in [4.69, 9.17) is 9.97 Å². The van der Waals surface area contributed by atoms with Crippen molar-refractivity contribution in [1.82, 2.24) is 19.1 Å². The van der Waals surface area contributed by atoms with Crippen LogP contribution in [0.4, 0.5) is 4.39 Å². The van der Waals surface area contributed by atoms with E-state index < -0.39 is 5.82 Å². The number of para-hydroxylation sites is 3. The first-order valence-electron chi connectivity index (χ1n) is 26.5. The molecule has 11 rings (SSSR count). The third-order valence-electron chi connectivity index (χ3n) is 15.0. The molecule has 0 aliphatic rings. The van der Waals surface area contributed by atoms with Gasteiger partial charge in [0.05, 0.1) is 33.3 Å². The van der Waals surface area contributed by atoms with Crippen molar-refractivity contribution in [3.63, 3.8) is 0 Å². The molecule has 7 heteroatoms. The molecule has 0 saturated heterocycles. The van der Waals surface area contributed by atoms with E-state index in [1.165, 1.54) is 33.5 Å². The van der Waals surface area contributed by atoms with Gasteiger partial charge in [-0.15, -0.1) is 29.3 Å². The summed E-state index contributed by atoms with van der Waals surface area (Å²) in [5, 5.41) is 13.9. The number of phenols is 1. The van der Waals surface area contributed by atoms with Crippen LogP contribution in [0.5, 0.6) is 5.75 Å². The van der Waals surface area contributed by atoms with Crippen molar-refractivity contribution in [2.45, 2.75) is 105 Å². The van der Waals surface area contributed by atoms with E-state index in [2.05, 4.69) is 244 Å². The fourth-order valence-electron chi connectivity index (χ4n) is 10.6. The molecule has 77 heavy (non-hydrogen) atoms. The van der Waals surface area contributed by atoms with Gasteiger partial charge in [0, 0.05) is 66.6 Å². The largest absolute Gasteiger partial charge is 0.507 e. The van der Waals surface area contributed by atoms with E-state index in [0.717, 1.165) is 89.7 Å². The summed E-state index contributed by atoms with van der Waals surface area (Å²) >= 11 is 0. The van der Waals surface area contributed by atoms with Crippen LogP contribution in [0.3, 0.4) is 0 Å². The van der Waals surface area contributed by atoms with Crippen molar-refractivity contribution < 1.29 is 30.6 Å². The van der Waals surface area contributed by atoms with Crippen molar-refractivity contribution in [3.8, 4) is 73.2 Å². The fraction of sp³-hybridized carbons (Fsp3) is 0.229. The van der Waals surface area contributed by atoms with Gasteiger partial charge in [0.15, 0.2) is 0 Å².